The number of hydrogen-bond acceptors (Lipinski definition) is 5. The number of allylic oxidation sites excluding steroid dienone is 1. The molecule has 9 heteroatoms. The van der Waals surface area contributed by atoms with Gasteiger partial charge in [0.2, 0.25) is 16.0 Å². The van der Waals surface area contributed by atoms with E-state index in [9.17, 15) is 22.0 Å². The molecular formula is C20H19F2N3O3S. The van der Waals surface area contributed by atoms with Crippen LogP contribution in [0.15, 0.2) is 42.5 Å². The Hall–Kier alpha value is -3.07. The van der Waals surface area contributed by atoms with Gasteiger partial charge in [0.15, 0.2) is 17.4 Å². The van der Waals surface area contributed by atoms with E-state index in [2.05, 4.69) is 4.98 Å². The van der Waals surface area contributed by atoms with E-state index in [0.29, 0.717) is 11.1 Å². The molecule has 1 heterocycles. The molecule has 0 bridgehead atoms. The van der Waals surface area contributed by atoms with E-state index in [1.807, 2.05) is 0 Å². The molecule has 0 saturated heterocycles. The number of nitrogens with two attached hydrogens (primary N) is 1. The van der Waals surface area contributed by atoms with Gasteiger partial charge in [-0.15, -0.1) is 0 Å². The Morgan fingerprint density at radius 1 is 1.21 bits per heavy atom. The standard InChI is InChI=1S/C20H19F2N3O3S/c1-11(2)29(27,28)25-18-10-13(7-8-17(18)24-20(25)23)15(9-12(3)26)14-5-4-6-16(21)19(14)22/h4-11H,1-3H3,(H2,23,24). The van der Waals surface area contributed by atoms with Gasteiger partial charge in [-0.3, -0.25) is 4.79 Å². The monoisotopic (exact) mass is 419 g/mol. The molecule has 0 aliphatic carbocycles. The Morgan fingerprint density at radius 2 is 1.90 bits per heavy atom. The maximum absolute atomic E-state index is 14.4. The van der Waals surface area contributed by atoms with Crippen molar-refractivity contribution >= 4 is 38.4 Å². The molecule has 0 spiro atoms. The molecule has 152 valence electrons. The summed E-state index contributed by atoms with van der Waals surface area (Å²) in [5, 5.41) is -0.765. The zero-order valence-electron chi connectivity index (χ0n) is 16.0. The maximum Gasteiger partial charge on any atom is 0.244 e. The lowest BCUT2D eigenvalue weighted by Crippen LogP contribution is -2.23. The quantitative estimate of drug-likeness (QED) is 0.639. The van der Waals surface area contributed by atoms with E-state index < -0.39 is 26.9 Å². The van der Waals surface area contributed by atoms with Crippen LogP contribution >= 0.6 is 0 Å². The fraction of sp³-hybridized carbons (Fsp3) is 0.200. The summed E-state index contributed by atoms with van der Waals surface area (Å²) in [6.07, 6.45) is 1.17. The Morgan fingerprint density at radius 3 is 2.52 bits per heavy atom. The number of benzene rings is 2. The number of rotatable bonds is 5. The largest absolute Gasteiger partial charge is 0.368 e. The number of carbonyl (C=O) groups excluding carboxylic acids is 1. The topological polar surface area (TPSA) is 95.1 Å². The molecule has 0 unspecified atom stereocenters. The van der Waals surface area contributed by atoms with Gasteiger partial charge in [0.05, 0.1) is 16.3 Å². The van der Waals surface area contributed by atoms with Gasteiger partial charge in [0.1, 0.15) is 0 Å². The van der Waals surface area contributed by atoms with E-state index >= 15 is 0 Å². The van der Waals surface area contributed by atoms with Crippen LogP contribution < -0.4 is 5.73 Å². The van der Waals surface area contributed by atoms with Crippen molar-refractivity contribution in [1.29, 1.82) is 0 Å². The van der Waals surface area contributed by atoms with Crippen molar-refractivity contribution in [3.8, 4) is 0 Å². The van der Waals surface area contributed by atoms with Crippen LogP contribution in [0, 0.1) is 11.6 Å². The number of anilines is 1. The normalized spacial score (nSPS) is 12.7. The number of fused-ring (bicyclic) bond motifs is 1. The minimum atomic E-state index is -3.83. The SMILES string of the molecule is CC(=O)C=C(c1ccc2nc(N)n(S(=O)(=O)C(C)C)c2c1)c1cccc(F)c1F. The predicted octanol–water partition coefficient (Wildman–Crippen LogP) is 3.50. The molecule has 3 rings (SSSR count). The summed E-state index contributed by atoms with van der Waals surface area (Å²) in [5.41, 5.74) is 6.64. The van der Waals surface area contributed by atoms with Gasteiger partial charge < -0.3 is 5.73 Å². The molecule has 0 fully saturated rings. The third kappa shape index (κ3) is 3.65. The summed E-state index contributed by atoms with van der Waals surface area (Å²) in [7, 11) is -3.83. The summed E-state index contributed by atoms with van der Waals surface area (Å²) < 4.78 is 54.5. The number of aromatic nitrogens is 2. The second-order valence-corrected chi connectivity index (χ2v) is 9.14. The molecule has 0 atom stereocenters. The van der Waals surface area contributed by atoms with E-state index in [1.54, 1.807) is 6.07 Å². The second kappa shape index (κ2) is 7.40. The van der Waals surface area contributed by atoms with Crippen molar-refractivity contribution in [2.45, 2.75) is 26.0 Å². The molecule has 0 radical (unpaired) electrons. The number of nitrogen functional groups attached to an aromatic ring is 1. The summed E-state index contributed by atoms with van der Waals surface area (Å²) in [5.74, 6) is -2.76. The Bertz CT molecular complexity index is 1260. The van der Waals surface area contributed by atoms with Crippen molar-refractivity contribution in [1.82, 2.24) is 8.96 Å². The highest BCUT2D eigenvalue weighted by Gasteiger charge is 2.25. The van der Waals surface area contributed by atoms with Gasteiger partial charge in [-0.25, -0.2) is 26.2 Å². The number of halogens is 2. The molecule has 0 amide bonds. The van der Waals surface area contributed by atoms with E-state index in [4.69, 9.17) is 5.73 Å². The molecule has 2 aromatic carbocycles. The molecule has 3 aromatic rings. The molecule has 6 nitrogen and oxygen atoms in total. The van der Waals surface area contributed by atoms with Crippen molar-refractivity contribution < 1.29 is 22.0 Å². The van der Waals surface area contributed by atoms with Crippen molar-refractivity contribution in [2.24, 2.45) is 0 Å². The zero-order chi connectivity index (χ0) is 21.5. The number of hydrogen-bond donors (Lipinski definition) is 1. The summed E-state index contributed by atoms with van der Waals surface area (Å²) in [6.45, 7) is 4.29. The van der Waals surface area contributed by atoms with Gasteiger partial charge in [-0.2, -0.15) is 0 Å². The highest BCUT2D eigenvalue weighted by Crippen LogP contribution is 2.31. The van der Waals surface area contributed by atoms with Crippen LogP contribution in [0.2, 0.25) is 0 Å². The lowest BCUT2D eigenvalue weighted by Gasteiger charge is -2.13. The first-order valence-corrected chi connectivity index (χ1v) is 10.2. The minimum absolute atomic E-state index is 0.115. The molecule has 0 aliphatic heterocycles. The van der Waals surface area contributed by atoms with Crippen LogP contribution in [0.4, 0.5) is 14.7 Å². The van der Waals surface area contributed by atoms with Gasteiger partial charge in [-0.1, -0.05) is 18.2 Å². The maximum atomic E-state index is 14.4. The average Bonchev–Trinajstić information content (AvgIpc) is 2.97. The first-order chi connectivity index (χ1) is 13.5. The van der Waals surface area contributed by atoms with Crippen LogP contribution in [0.25, 0.3) is 16.6 Å². The molecular weight excluding hydrogens is 400 g/mol. The molecule has 0 saturated carbocycles. The van der Waals surface area contributed by atoms with Crippen LogP contribution in [-0.4, -0.2) is 28.4 Å². The third-order valence-electron chi connectivity index (χ3n) is 4.39. The lowest BCUT2D eigenvalue weighted by molar-refractivity contribution is -0.112. The van der Waals surface area contributed by atoms with Crippen molar-refractivity contribution in [3.63, 3.8) is 0 Å². The van der Waals surface area contributed by atoms with Gasteiger partial charge in [0, 0.05) is 5.56 Å². The second-order valence-electron chi connectivity index (χ2n) is 6.80. The van der Waals surface area contributed by atoms with E-state index in [1.165, 1.54) is 51.1 Å². The number of carbonyl (C=O) groups is 1. The van der Waals surface area contributed by atoms with Crippen LogP contribution in [-0.2, 0) is 14.8 Å². The molecule has 2 N–H and O–H groups in total. The first-order valence-electron chi connectivity index (χ1n) is 8.73. The fourth-order valence-corrected chi connectivity index (χ4v) is 4.09. The van der Waals surface area contributed by atoms with Crippen LogP contribution in [0.1, 0.15) is 31.9 Å². The highest BCUT2D eigenvalue weighted by molar-refractivity contribution is 7.90. The molecule has 0 aliphatic rings. The number of ketones is 1. The Kier molecular flexibility index (Phi) is 5.27. The Labute approximate surface area is 166 Å². The summed E-state index contributed by atoms with van der Waals surface area (Å²) in [4.78, 5) is 15.8. The van der Waals surface area contributed by atoms with Crippen molar-refractivity contribution in [3.05, 3.63) is 65.2 Å². The Balaban J connectivity index is 2.33. The van der Waals surface area contributed by atoms with Gasteiger partial charge in [-0.05, 0) is 56.2 Å². The average molecular weight is 419 g/mol. The van der Waals surface area contributed by atoms with Crippen molar-refractivity contribution in [2.75, 3.05) is 5.73 Å². The third-order valence-corrected chi connectivity index (χ3v) is 6.47. The predicted molar refractivity (Wildman–Crippen MR) is 108 cm³/mol. The summed E-state index contributed by atoms with van der Waals surface area (Å²) >= 11 is 0. The smallest absolute Gasteiger partial charge is 0.244 e. The number of nitrogens with zero attached hydrogens (tertiary/aromatic N) is 2. The minimum Gasteiger partial charge on any atom is -0.368 e. The van der Waals surface area contributed by atoms with Crippen LogP contribution in [0.3, 0.4) is 0 Å². The van der Waals surface area contributed by atoms with E-state index in [0.717, 1.165) is 10.0 Å². The molecule has 1 aromatic heterocycles. The number of imidazole rings is 1. The van der Waals surface area contributed by atoms with E-state index in [-0.39, 0.29) is 28.4 Å². The zero-order valence-corrected chi connectivity index (χ0v) is 16.8. The molecule has 29 heavy (non-hydrogen) atoms. The van der Waals surface area contributed by atoms with Crippen LogP contribution in [0.5, 0.6) is 0 Å². The fourth-order valence-electron chi connectivity index (χ4n) is 2.95. The van der Waals surface area contributed by atoms with Gasteiger partial charge in [0.25, 0.3) is 0 Å². The van der Waals surface area contributed by atoms with Gasteiger partial charge >= 0.3 is 0 Å². The first kappa shape index (κ1) is 20.7. The highest BCUT2D eigenvalue weighted by atomic mass is 32.2. The summed E-state index contributed by atoms with van der Waals surface area (Å²) in [6, 6.07) is 8.13. The lowest BCUT2D eigenvalue weighted by atomic mass is 9.96.